The summed E-state index contributed by atoms with van der Waals surface area (Å²) in [5.74, 6) is 0. The van der Waals surface area contributed by atoms with E-state index in [1.807, 2.05) is 18.7 Å². The van der Waals surface area contributed by atoms with Crippen molar-refractivity contribution in [3.05, 3.63) is 0 Å². The Kier molecular flexibility index (Phi) is 3.42. The molecule has 0 saturated carbocycles. The first-order valence-electron chi connectivity index (χ1n) is 4.83. The van der Waals surface area contributed by atoms with Gasteiger partial charge in [0.1, 0.15) is 6.04 Å². The molecule has 0 radical (unpaired) electrons. The molecule has 1 rings (SSSR count). The Morgan fingerprint density at radius 3 is 2.21 bits per heavy atom. The molecule has 1 aliphatic heterocycles. The summed E-state index contributed by atoms with van der Waals surface area (Å²) in [5, 5.41) is 0. The molecule has 0 unspecified atom stereocenters. The van der Waals surface area contributed by atoms with E-state index in [2.05, 4.69) is 0 Å². The van der Waals surface area contributed by atoms with Crippen molar-refractivity contribution in [1.82, 2.24) is 9.80 Å². The first kappa shape index (κ1) is 11.8. The van der Waals surface area contributed by atoms with Crippen LogP contribution in [0.1, 0.15) is 13.8 Å². The predicted octanol–water partition coefficient (Wildman–Crippen LogP) is 1.57. The molecule has 0 aromatic rings. The standard InChI is InChI=1S/C9H17F3N2/c1-7(2)14-5-4-13(3)8(6-14)9(10,11)12/h7-8H,4-6H2,1-3H3/t8-/m1/s1. The molecular weight excluding hydrogens is 193 g/mol. The number of alkyl halides is 3. The Labute approximate surface area is 82.7 Å². The van der Waals surface area contributed by atoms with Crippen LogP contribution in [-0.4, -0.2) is 54.7 Å². The molecule has 1 fully saturated rings. The highest BCUT2D eigenvalue weighted by Crippen LogP contribution is 2.27. The molecule has 84 valence electrons. The lowest BCUT2D eigenvalue weighted by Crippen LogP contribution is -2.58. The molecule has 1 saturated heterocycles. The molecule has 0 aromatic carbocycles. The third-order valence-electron chi connectivity index (χ3n) is 2.79. The van der Waals surface area contributed by atoms with Crippen molar-refractivity contribution in [2.45, 2.75) is 32.1 Å². The lowest BCUT2D eigenvalue weighted by Gasteiger charge is -2.41. The summed E-state index contributed by atoms with van der Waals surface area (Å²) in [7, 11) is 1.54. The van der Waals surface area contributed by atoms with Gasteiger partial charge in [-0.15, -0.1) is 0 Å². The fourth-order valence-electron chi connectivity index (χ4n) is 1.72. The third kappa shape index (κ3) is 2.60. The van der Waals surface area contributed by atoms with Crippen molar-refractivity contribution in [3.63, 3.8) is 0 Å². The second-order valence-electron chi connectivity index (χ2n) is 4.13. The lowest BCUT2D eigenvalue weighted by molar-refractivity contribution is -0.194. The quantitative estimate of drug-likeness (QED) is 0.648. The zero-order valence-corrected chi connectivity index (χ0v) is 8.80. The highest BCUT2D eigenvalue weighted by molar-refractivity contribution is 4.86. The van der Waals surface area contributed by atoms with Gasteiger partial charge < -0.3 is 0 Å². The maximum atomic E-state index is 12.6. The van der Waals surface area contributed by atoms with E-state index in [9.17, 15) is 13.2 Å². The molecule has 1 aliphatic rings. The van der Waals surface area contributed by atoms with Crippen molar-refractivity contribution in [1.29, 1.82) is 0 Å². The fourth-order valence-corrected chi connectivity index (χ4v) is 1.72. The van der Waals surface area contributed by atoms with Gasteiger partial charge in [0.2, 0.25) is 0 Å². The van der Waals surface area contributed by atoms with Gasteiger partial charge in [0.25, 0.3) is 0 Å². The largest absolute Gasteiger partial charge is 0.405 e. The van der Waals surface area contributed by atoms with Crippen LogP contribution in [0, 0.1) is 0 Å². The molecule has 2 nitrogen and oxygen atoms in total. The van der Waals surface area contributed by atoms with Gasteiger partial charge in [0.15, 0.2) is 0 Å². The molecule has 1 heterocycles. The monoisotopic (exact) mass is 210 g/mol. The smallest absolute Gasteiger partial charge is 0.298 e. The van der Waals surface area contributed by atoms with Gasteiger partial charge in [-0.05, 0) is 20.9 Å². The number of likely N-dealkylation sites (N-methyl/N-ethyl adjacent to an activating group) is 1. The van der Waals surface area contributed by atoms with E-state index in [1.165, 1.54) is 11.9 Å². The number of hydrogen-bond acceptors (Lipinski definition) is 2. The molecule has 0 amide bonds. The van der Waals surface area contributed by atoms with Crippen LogP contribution >= 0.6 is 0 Å². The zero-order chi connectivity index (χ0) is 10.9. The fraction of sp³-hybridized carbons (Fsp3) is 1.00. The molecule has 1 atom stereocenters. The summed E-state index contributed by atoms with van der Waals surface area (Å²) in [6.07, 6.45) is -4.11. The van der Waals surface area contributed by atoms with Crippen molar-refractivity contribution < 1.29 is 13.2 Å². The summed E-state index contributed by atoms with van der Waals surface area (Å²) < 4.78 is 37.7. The van der Waals surface area contributed by atoms with Gasteiger partial charge in [-0.3, -0.25) is 9.80 Å². The maximum Gasteiger partial charge on any atom is 0.405 e. The molecule has 14 heavy (non-hydrogen) atoms. The van der Waals surface area contributed by atoms with E-state index in [-0.39, 0.29) is 12.6 Å². The SMILES string of the molecule is CC(C)N1CCN(C)[C@@H](C(F)(F)F)C1. The molecule has 0 aromatic heterocycles. The number of nitrogens with zero attached hydrogens (tertiary/aromatic N) is 2. The maximum absolute atomic E-state index is 12.6. The van der Waals surface area contributed by atoms with E-state index < -0.39 is 12.2 Å². The van der Waals surface area contributed by atoms with Gasteiger partial charge >= 0.3 is 6.18 Å². The number of halogens is 3. The minimum absolute atomic E-state index is 0.0949. The summed E-state index contributed by atoms with van der Waals surface area (Å²) >= 11 is 0. The Balaban J connectivity index is 2.65. The first-order valence-corrected chi connectivity index (χ1v) is 4.83. The van der Waals surface area contributed by atoms with Crippen LogP contribution < -0.4 is 0 Å². The van der Waals surface area contributed by atoms with E-state index in [0.29, 0.717) is 6.54 Å². The predicted molar refractivity (Wildman–Crippen MR) is 49.2 cm³/mol. The first-order chi connectivity index (χ1) is 6.32. The minimum atomic E-state index is -4.11. The van der Waals surface area contributed by atoms with Crippen molar-refractivity contribution in [2.24, 2.45) is 0 Å². The van der Waals surface area contributed by atoms with Gasteiger partial charge in [-0.25, -0.2) is 0 Å². The van der Waals surface area contributed by atoms with E-state index in [0.717, 1.165) is 6.54 Å². The van der Waals surface area contributed by atoms with Crippen LogP contribution in [0.3, 0.4) is 0 Å². The lowest BCUT2D eigenvalue weighted by atomic mass is 10.1. The number of hydrogen-bond donors (Lipinski definition) is 0. The van der Waals surface area contributed by atoms with Crippen LogP contribution in [0.2, 0.25) is 0 Å². The Bertz CT molecular complexity index is 191. The molecular formula is C9H17F3N2. The second kappa shape index (κ2) is 4.06. The Morgan fingerprint density at radius 2 is 1.79 bits per heavy atom. The van der Waals surface area contributed by atoms with Crippen LogP contribution in [-0.2, 0) is 0 Å². The normalized spacial score (nSPS) is 27.2. The highest BCUT2D eigenvalue weighted by atomic mass is 19.4. The summed E-state index contributed by atoms with van der Waals surface area (Å²) in [6.45, 7) is 5.16. The van der Waals surface area contributed by atoms with Crippen LogP contribution in [0.15, 0.2) is 0 Å². The van der Waals surface area contributed by atoms with E-state index >= 15 is 0 Å². The third-order valence-corrected chi connectivity index (χ3v) is 2.79. The van der Waals surface area contributed by atoms with Crippen LogP contribution in [0.25, 0.3) is 0 Å². The van der Waals surface area contributed by atoms with E-state index in [1.54, 1.807) is 0 Å². The number of rotatable bonds is 1. The molecule has 0 N–H and O–H groups in total. The number of piperazine rings is 1. The Hall–Kier alpha value is -0.290. The topological polar surface area (TPSA) is 6.48 Å². The van der Waals surface area contributed by atoms with Crippen molar-refractivity contribution >= 4 is 0 Å². The average Bonchev–Trinajstić information content (AvgIpc) is 2.02. The van der Waals surface area contributed by atoms with Gasteiger partial charge in [-0.1, -0.05) is 0 Å². The summed E-state index contributed by atoms with van der Waals surface area (Å²) in [4.78, 5) is 3.26. The van der Waals surface area contributed by atoms with E-state index in [4.69, 9.17) is 0 Å². The second-order valence-corrected chi connectivity index (χ2v) is 4.13. The van der Waals surface area contributed by atoms with Crippen molar-refractivity contribution in [2.75, 3.05) is 26.7 Å². The molecule has 0 aliphatic carbocycles. The minimum Gasteiger partial charge on any atom is -0.298 e. The summed E-state index contributed by atoms with van der Waals surface area (Å²) in [5.41, 5.74) is 0. The molecule has 5 heteroatoms. The summed E-state index contributed by atoms with van der Waals surface area (Å²) in [6, 6.07) is -1.12. The molecule has 0 spiro atoms. The van der Waals surface area contributed by atoms with Gasteiger partial charge in [0, 0.05) is 25.7 Å². The molecule has 0 bridgehead atoms. The average molecular weight is 210 g/mol. The van der Waals surface area contributed by atoms with Crippen molar-refractivity contribution in [3.8, 4) is 0 Å². The van der Waals surface area contributed by atoms with Crippen LogP contribution in [0.4, 0.5) is 13.2 Å². The highest BCUT2D eigenvalue weighted by Gasteiger charge is 2.45. The van der Waals surface area contributed by atoms with Crippen LogP contribution in [0.5, 0.6) is 0 Å². The zero-order valence-electron chi connectivity index (χ0n) is 8.80. The van der Waals surface area contributed by atoms with Gasteiger partial charge in [0.05, 0.1) is 0 Å². The Morgan fingerprint density at radius 1 is 1.21 bits per heavy atom. The van der Waals surface area contributed by atoms with Gasteiger partial charge in [-0.2, -0.15) is 13.2 Å².